The van der Waals surface area contributed by atoms with Crippen LogP contribution in [0.4, 0.5) is 0 Å². The van der Waals surface area contributed by atoms with Gasteiger partial charge in [-0.15, -0.1) is 0 Å². The number of nitrogens with two attached hydrogens (primary N) is 1. The molecule has 1 aromatic rings. The van der Waals surface area contributed by atoms with Crippen LogP contribution < -0.4 is 10.5 Å². The molecule has 1 aliphatic carbocycles. The average molecular weight is 207 g/mol. The Morgan fingerprint density at radius 2 is 2.27 bits per heavy atom. The SMILES string of the molecule is COCCOc1ccc2c(c1)CCC2N. The molecule has 1 aliphatic rings. The van der Waals surface area contributed by atoms with Crippen molar-refractivity contribution < 1.29 is 9.47 Å². The van der Waals surface area contributed by atoms with E-state index in [2.05, 4.69) is 12.1 Å². The van der Waals surface area contributed by atoms with Gasteiger partial charge in [-0.3, -0.25) is 0 Å². The number of fused-ring (bicyclic) bond motifs is 1. The average Bonchev–Trinajstić information content (AvgIpc) is 2.61. The molecule has 0 bridgehead atoms. The normalized spacial score (nSPS) is 18.9. The van der Waals surface area contributed by atoms with Crippen molar-refractivity contribution >= 4 is 0 Å². The lowest BCUT2D eigenvalue weighted by Gasteiger charge is -2.08. The largest absolute Gasteiger partial charge is 0.491 e. The first-order valence-corrected chi connectivity index (χ1v) is 5.31. The molecular formula is C12H17NO2. The monoisotopic (exact) mass is 207 g/mol. The molecule has 0 aromatic heterocycles. The summed E-state index contributed by atoms with van der Waals surface area (Å²) in [6, 6.07) is 6.38. The number of hydrogen-bond donors (Lipinski definition) is 1. The first kappa shape index (κ1) is 10.5. The number of ether oxygens (including phenoxy) is 2. The molecule has 2 rings (SSSR count). The Bertz CT molecular complexity index is 338. The first-order chi connectivity index (χ1) is 7.31. The van der Waals surface area contributed by atoms with Crippen LogP contribution >= 0.6 is 0 Å². The molecule has 3 heteroatoms. The van der Waals surface area contributed by atoms with Crippen molar-refractivity contribution in [3.05, 3.63) is 29.3 Å². The summed E-state index contributed by atoms with van der Waals surface area (Å²) in [7, 11) is 1.67. The van der Waals surface area contributed by atoms with Crippen molar-refractivity contribution in [1.82, 2.24) is 0 Å². The maximum atomic E-state index is 5.96. The smallest absolute Gasteiger partial charge is 0.119 e. The second-order valence-corrected chi connectivity index (χ2v) is 3.85. The Morgan fingerprint density at radius 3 is 3.07 bits per heavy atom. The highest BCUT2D eigenvalue weighted by Crippen LogP contribution is 2.31. The Morgan fingerprint density at radius 1 is 1.40 bits per heavy atom. The second-order valence-electron chi connectivity index (χ2n) is 3.85. The van der Waals surface area contributed by atoms with E-state index >= 15 is 0 Å². The van der Waals surface area contributed by atoms with E-state index in [0.717, 1.165) is 18.6 Å². The fourth-order valence-electron chi connectivity index (χ4n) is 1.96. The summed E-state index contributed by atoms with van der Waals surface area (Å²) in [6.45, 7) is 1.22. The minimum atomic E-state index is 0.216. The standard InChI is InChI=1S/C12H17NO2/c1-14-6-7-15-10-3-4-11-9(8-10)2-5-12(11)13/h3-4,8,12H,2,5-7,13H2,1H3. The molecular weight excluding hydrogens is 190 g/mol. The third-order valence-corrected chi connectivity index (χ3v) is 2.79. The van der Waals surface area contributed by atoms with Crippen LogP contribution in [0.2, 0.25) is 0 Å². The van der Waals surface area contributed by atoms with E-state index in [0.29, 0.717) is 13.2 Å². The van der Waals surface area contributed by atoms with Gasteiger partial charge in [-0.05, 0) is 36.1 Å². The minimum absolute atomic E-state index is 0.216. The van der Waals surface area contributed by atoms with Crippen molar-refractivity contribution in [3.63, 3.8) is 0 Å². The van der Waals surface area contributed by atoms with Gasteiger partial charge in [0.2, 0.25) is 0 Å². The fourth-order valence-corrected chi connectivity index (χ4v) is 1.96. The summed E-state index contributed by atoms with van der Waals surface area (Å²) in [4.78, 5) is 0. The summed E-state index contributed by atoms with van der Waals surface area (Å²) >= 11 is 0. The highest BCUT2D eigenvalue weighted by Gasteiger charge is 2.18. The van der Waals surface area contributed by atoms with E-state index in [4.69, 9.17) is 15.2 Å². The molecule has 15 heavy (non-hydrogen) atoms. The lowest BCUT2D eigenvalue weighted by atomic mass is 10.1. The molecule has 0 saturated heterocycles. The van der Waals surface area contributed by atoms with Crippen LogP contribution in [-0.4, -0.2) is 20.3 Å². The summed E-state index contributed by atoms with van der Waals surface area (Å²) in [5, 5.41) is 0. The quantitative estimate of drug-likeness (QED) is 0.764. The van der Waals surface area contributed by atoms with Crippen molar-refractivity contribution in [1.29, 1.82) is 0 Å². The van der Waals surface area contributed by atoms with Crippen molar-refractivity contribution in [2.24, 2.45) is 5.73 Å². The number of benzene rings is 1. The lowest BCUT2D eigenvalue weighted by Crippen LogP contribution is -2.06. The highest BCUT2D eigenvalue weighted by molar-refractivity contribution is 5.40. The Hall–Kier alpha value is -1.06. The molecule has 0 radical (unpaired) electrons. The van der Waals surface area contributed by atoms with E-state index in [-0.39, 0.29) is 6.04 Å². The van der Waals surface area contributed by atoms with E-state index in [9.17, 15) is 0 Å². The Labute approximate surface area is 90.2 Å². The number of methoxy groups -OCH3 is 1. The van der Waals surface area contributed by atoms with Crippen LogP contribution in [0.1, 0.15) is 23.6 Å². The molecule has 0 heterocycles. The predicted octanol–water partition coefficient (Wildman–Crippen LogP) is 1.66. The topological polar surface area (TPSA) is 44.5 Å². The predicted molar refractivity (Wildman–Crippen MR) is 59.1 cm³/mol. The molecule has 0 amide bonds. The summed E-state index contributed by atoms with van der Waals surface area (Å²) in [6.07, 6.45) is 2.12. The zero-order valence-corrected chi connectivity index (χ0v) is 9.03. The third-order valence-electron chi connectivity index (χ3n) is 2.79. The summed E-state index contributed by atoms with van der Waals surface area (Å²) in [5.41, 5.74) is 8.56. The first-order valence-electron chi connectivity index (χ1n) is 5.31. The zero-order chi connectivity index (χ0) is 10.7. The number of hydrogen-bond acceptors (Lipinski definition) is 3. The second kappa shape index (κ2) is 4.64. The van der Waals surface area contributed by atoms with Crippen LogP contribution in [0, 0.1) is 0 Å². The van der Waals surface area contributed by atoms with Gasteiger partial charge in [0.1, 0.15) is 12.4 Å². The Balaban J connectivity index is 2.03. The van der Waals surface area contributed by atoms with Gasteiger partial charge in [0.25, 0.3) is 0 Å². The van der Waals surface area contributed by atoms with Gasteiger partial charge in [-0.1, -0.05) is 6.07 Å². The fraction of sp³-hybridized carbons (Fsp3) is 0.500. The molecule has 2 N–H and O–H groups in total. The van der Waals surface area contributed by atoms with Crippen LogP contribution in [0.15, 0.2) is 18.2 Å². The molecule has 0 saturated carbocycles. The van der Waals surface area contributed by atoms with E-state index < -0.39 is 0 Å². The highest BCUT2D eigenvalue weighted by atomic mass is 16.5. The van der Waals surface area contributed by atoms with Gasteiger partial charge in [-0.2, -0.15) is 0 Å². The van der Waals surface area contributed by atoms with Gasteiger partial charge < -0.3 is 15.2 Å². The summed E-state index contributed by atoms with van der Waals surface area (Å²) < 4.78 is 10.5. The van der Waals surface area contributed by atoms with Crippen LogP contribution in [0.5, 0.6) is 5.75 Å². The molecule has 0 spiro atoms. The van der Waals surface area contributed by atoms with Gasteiger partial charge in [0.15, 0.2) is 0 Å². The molecule has 0 aliphatic heterocycles. The molecule has 1 aromatic carbocycles. The van der Waals surface area contributed by atoms with Crippen LogP contribution in [0.25, 0.3) is 0 Å². The van der Waals surface area contributed by atoms with Crippen molar-refractivity contribution in [3.8, 4) is 5.75 Å². The van der Waals surface area contributed by atoms with Gasteiger partial charge in [-0.25, -0.2) is 0 Å². The van der Waals surface area contributed by atoms with E-state index in [1.54, 1.807) is 7.11 Å². The summed E-state index contributed by atoms with van der Waals surface area (Å²) in [5.74, 6) is 0.917. The maximum Gasteiger partial charge on any atom is 0.119 e. The molecule has 1 atom stereocenters. The van der Waals surface area contributed by atoms with E-state index in [1.807, 2.05) is 6.07 Å². The third kappa shape index (κ3) is 2.30. The van der Waals surface area contributed by atoms with Crippen LogP contribution in [0.3, 0.4) is 0 Å². The lowest BCUT2D eigenvalue weighted by molar-refractivity contribution is 0.146. The van der Waals surface area contributed by atoms with Gasteiger partial charge >= 0.3 is 0 Å². The molecule has 0 fully saturated rings. The maximum absolute atomic E-state index is 5.96. The molecule has 82 valence electrons. The zero-order valence-electron chi connectivity index (χ0n) is 9.03. The minimum Gasteiger partial charge on any atom is -0.491 e. The van der Waals surface area contributed by atoms with Crippen LogP contribution in [-0.2, 0) is 11.2 Å². The van der Waals surface area contributed by atoms with Gasteiger partial charge in [0.05, 0.1) is 6.61 Å². The molecule has 1 unspecified atom stereocenters. The molecule has 3 nitrogen and oxygen atoms in total. The number of aryl methyl sites for hydroxylation is 1. The van der Waals surface area contributed by atoms with Crippen molar-refractivity contribution in [2.75, 3.05) is 20.3 Å². The van der Waals surface area contributed by atoms with Gasteiger partial charge in [0, 0.05) is 13.2 Å². The Kier molecular flexibility index (Phi) is 3.23. The van der Waals surface area contributed by atoms with Crippen molar-refractivity contribution in [2.45, 2.75) is 18.9 Å². The van der Waals surface area contributed by atoms with E-state index in [1.165, 1.54) is 11.1 Å². The number of rotatable bonds is 4.